The van der Waals surface area contributed by atoms with Crippen LogP contribution in [0.4, 0.5) is 0 Å². The molecular formula is C16H19ClN2O3S2. The van der Waals surface area contributed by atoms with Crippen molar-refractivity contribution in [3.63, 3.8) is 0 Å². The summed E-state index contributed by atoms with van der Waals surface area (Å²) >= 11 is 7.21. The number of nitrogens with one attached hydrogen (secondary N) is 1. The van der Waals surface area contributed by atoms with Crippen molar-refractivity contribution in [1.82, 2.24) is 9.62 Å². The van der Waals surface area contributed by atoms with Gasteiger partial charge in [-0.15, -0.1) is 11.3 Å². The number of carbonyl (C=O) groups excluding carboxylic acids is 1. The van der Waals surface area contributed by atoms with Gasteiger partial charge in [-0.1, -0.05) is 35.9 Å². The molecule has 24 heavy (non-hydrogen) atoms. The summed E-state index contributed by atoms with van der Waals surface area (Å²) in [6.07, 6.45) is 0.713. The summed E-state index contributed by atoms with van der Waals surface area (Å²) in [5.74, 6) is -0.128. The Bertz CT molecular complexity index is 776. The fraction of sp³-hybridized carbons (Fsp3) is 0.312. The van der Waals surface area contributed by atoms with Crippen LogP contribution < -0.4 is 5.32 Å². The van der Waals surface area contributed by atoms with Crippen LogP contribution in [-0.4, -0.2) is 32.2 Å². The van der Waals surface area contributed by atoms with Gasteiger partial charge >= 0.3 is 0 Å². The average Bonchev–Trinajstić information content (AvgIpc) is 3.09. The number of amides is 1. The summed E-state index contributed by atoms with van der Waals surface area (Å²) in [5, 5.41) is 5.13. The first-order chi connectivity index (χ1) is 11.4. The van der Waals surface area contributed by atoms with Crippen LogP contribution in [0.15, 0.2) is 46.0 Å². The lowest BCUT2D eigenvalue weighted by molar-refractivity contribution is -0.121. The molecule has 0 saturated heterocycles. The second-order valence-corrected chi connectivity index (χ2v) is 8.86. The molecule has 2 aromatic rings. The Hall–Kier alpha value is -1.41. The minimum atomic E-state index is -3.45. The molecular weight excluding hydrogens is 368 g/mol. The van der Waals surface area contributed by atoms with Crippen molar-refractivity contribution in [1.29, 1.82) is 0 Å². The molecule has 0 atom stereocenters. The molecule has 0 aliphatic heterocycles. The first kappa shape index (κ1) is 18.9. The quantitative estimate of drug-likeness (QED) is 0.757. The minimum absolute atomic E-state index is 0.128. The average molecular weight is 387 g/mol. The SMILES string of the molecule is CN(CCCC(=O)NCc1ccccc1Cl)S(=O)(=O)c1cccs1. The van der Waals surface area contributed by atoms with E-state index in [0.717, 1.165) is 5.56 Å². The molecule has 2 rings (SSSR count). The van der Waals surface area contributed by atoms with Gasteiger partial charge in [0.2, 0.25) is 5.91 Å². The second kappa shape index (κ2) is 8.62. The number of rotatable bonds is 8. The van der Waals surface area contributed by atoms with E-state index >= 15 is 0 Å². The number of halogens is 1. The van der Waals surface area contributed by atoms with Gasteiger partial charge in [0.15, 0.2) is 0 Å². The summed E-state index contributed by atoms with van der Waals surface area (Å²) in [7, 11) is -1.93. The first-order valence-corrected chi connectivity index (χ1v) is 10.1. The van der Waals surface area contributed by atoms with Gasteiger partial charge in [0.25, 0.3) is 10.0 Å². The van der Waals surface area contributed by atoms with E-state index in [1.54, 1.807) is 23.6 Å². The van der Waals surface area contributed by atoms with Gasteiger partial charge in [-0.3, -0.25) is 4.79 Å². The molecule has 1 aromatic carbocycles. The Balaban J connectivity index is 1.75. The molecule has 1 N–H and O–H groups in total. The first-order valence-electron chi connectivity index (χ1n) is 7.41. The number of thiophene rings is 1. The molecule has 0 bridgehead atoms. The van der Waals surface area contributed by atoms with Gasteiger partial charge in [0.1, 0.15) is 4.21 Å². The van der Waals surface area contributed by atoms with Gasteiger partial charge in [0, 0.05) is 31.6 Å². The minimum Gasteiger partial charge on any atom is -0.352 e. The zero-order valence-corrected chi connectivity index (χ0v) is 15.6. The number of hydrogen-bond acceptors (Lipinski definition) is 4. The fourth-order valence-corrected chi connectivity index (χ4v) is 4.68. The Morgan fingerprint density at radius 3 is 2.67 bits per heavy atom. The molecule has 1 aromatic heterocycles. The highest BCUT2D eigenvalue weighted by atomic mass is 35.5. The summed E-state index contributed by atoms with van der Waals surface area (Å²) < 4.78 is 26.1. The maximum atomic E-state index is 12.2. The molecule has 0 saturated carbocycles. The van der Waals surface area contributed by atoms with Gasteiger partial charge in [0.05, 0.1) is 0 Å². The summed E-state index contributed by atoms with van der Waals surface area (Å²) in [6.45, 7) is 0.654. The monoisotopic (exact) mass is 386 g/mol. The summed E-state index contributed by atoms with van der Waals surface area (Å²) in [4.78, 5) is 11.9. The molecule has 1 amide bonds. The van der Waals surface area contributed by atoms with E-state index in [1.165, 1.54) is 22.7 Å². The summed E-state index contributed by atoms with van der Waals surface area (Å²) in [6, 6.07) is 10.6. The van der Waals surface area contributed by atoms with E-state index in [2.05, 4.69) is 5.32 Å². The predicted molar refractivity (Wildman–Crippen MR) is 96.7 cm³/mol. The molecule has 0 aliphatic carbocycles. The topological polar surface area (TPSA) is 66.5 Å². The molecule has 5 nitrogen and oxygen atoms in total. The Labute approximate surface area is 151 Å². The van der Waals surface area contributed by atoms with Crippen molar-refractivity contribution in [2.45, 2.75) is 23.6 Å². The third kappa shape index (κ3) is 5.04. The van der Waals surface area contributed by atoms with E-state index in [9.17, 15) is 13.2 Å². The highest BCUT2D eigenvalue weighted by Crippen LogP contribution is 2.20. The molecule has 1 heterocycles. The van der Waals surface area contributed by atoms with Crippen LogP contribution >= 0.6 is 22.9 Å². The maximum Gasteiger partial charge on any atom is 0.252 e. The highest BCUT2D eigenvalue weighted by molar-refractivity contribution is 7.91. The van der Waals surface area contributed by atoms with Crippen LogP contribution in [0.25, 0.3) is 0 Å². The van der Waals surface area contributed by atoms with Crippen LogP contribution in [0, 0.1) is 0 Å². The van der Waals surface area contributed by atoms with Crippen molar-refractivity contribution in [3.8, 4) is 0 Å². The number of sulfonamides is 1. The standard InChI is InChI=1S/C16H19ClN2O3S2/c1-19(24(21,22)16-9-5-11-23-16)10-4-8-15(20)18-12-13-6-2-3-7-14(13)17/h2-3,5-7,9,11H,4,8,10,12H2,1H3,(H,18,20). The smallest absolute Gasteiger partial charge is 0.252 e. The number of carbonyl (C=O) groups is 1. The Morgan fingerprint density at radius 2 is 2.00 bits per heavy atom. The van der Waals surface area contributed by atoms with E-state index < -0.39 is 10.0 Å². The molecule has 0 radical (unpaired) electrons. The van der Waals surface area contributed by atoms with Gasteiger partial charge in [-0.2, -0.15) is 0 Å². The lowest BCUT2D eigenvalue weighted by Crippen LogP contribution is -2.29. The largest absolute Gasteiger partial charge is 0.352 e. The predicted octanol–water partition coefficient (Wildman–Crippen LogP) is 3.12. The van der Waals surface area contributed by atoms with Gasteiger partial charge < -0.3 is 5.32 Å². The lowest BCUT2D eigenvalue weighted by atomic mass is 10.2. The third-order valence-corrected chi connectivity index (χ3v) is 7.07. The van der Waals surface area contributed by atoms with Crippen LogP contribution in [-0.2, 0) is 21.4 Å². The lowest BCUT2D eigenvalue weighted by Gasteiger charge is -2.15. The van der Waals surface area contributed by atoms with Crippen molar-refractivity contribution >= 4 is 38.9 Å². The zero-order valence-electron chi connectivity index (χ0n) is 13.2. The molecule has 0 spiro atoms. The molecule has 130 valence electrons. The number of benzene rings is 1. The van der Waals surface area contributed by atoms with E-state index in [1.807, 2.05) is 18.2 Å². The zero-order chi connectivity index (χ0) is 17.6. The third-order valence-electron chi connectivity index (χ3n) is 3.47. The Morgan fingerprint density at radius 1 is 1.25 bits per heavy atom. The van der Waals surface area contributed by atoms with Crippen molar-refractivity contribution < 1.29 is 13.2 Å². The Kier molecular flexibility index (Phi) is 6.79. The normalized spacial score (nSPS) is 11.6. The fourth-order valence-electron chi connectivity index (χ4n) is 2.07. The van der Waals surface area contributed by atoms with Gasteiger partial charge in [-0.05, 0) is 29.5 Å². The molecule has 0 aliphatic rings. The van der Waals surface area contributed by atoms with Crippen LogP contribution in [0.3, 0.4) is 0 Å². The van der Waals surface area contributed by atoms with E-state index in [0.29, 0.717) is 28.7 Å². The van der Waals surface area contributed by atoms with Crippen molar-refractivity contribution in [3.05, 3.63) is 52.4 Å². The van der Waals surface area contributed by atoms with Crippen LogP contribution in [0.2, 0.25) is 5.02 Å². The molecule has 8 heteroatoms. The molecule has 0 fully saturated rings. The van der Waals surface area contributed by atoms with Gasteiger partial charge in [-0.25, -0.2) is 12.7 Å². The van der Waals surface area contributed by atoms with E-state index in [4.69, 9.17) is 11.6 Å². The highest BCUT2D eigenvalue weighted by Gasteiger charge is 2.21. The van der Waals surface area contributed by atoms with E-state index in [-0.39, 0.29) is 12.3 Å². The second-order valence-electron chi connectivity index (χ2n) is 5.23. The van der Waals surface area contributed by atoms with Crippen LogP contribution in [0.1, 0.15) is 18.4 Å². The maximum absolute atomic E-state index is 12.2. The number of hydrogen-bond donors (Lipinski definition) is 1. The van der Waals surface area contributed by atoms with Crippen molar-refractivity contribution in [2.24, 2.45) is 0 Å². The van der Waals surface area contributed by atoms with Crippen molar-refractivity contribution in [2.75, 3.05) is 13.6 Å². The summed E-state index contributed by atoms with van der Waals surface area (Å²) in [5.41, 5.74) is 0.852. The molecule has 0 unspecified atom stereocenters. The van der Waals surface area contributed by atoms with Crippen LogP contribution in [0.5, 0.6) is 0 Å². The number of nitrogens with zero attached hydrogens (tertiary/aromatic N) is 1.